The van der Waals surface area contributed by atoms with Crippen LogP contribution in [-0.4, -0.2) is 37.1 Å². The van der Waals surface area contributed by atoms with Crippen molar-refractivity contribution in [2.45, 2.75) is 23.4 Å². The highest BCUT2D eigenvalue weighted by atomic mass is 32.2. The summed E-state index contributed by atoms with van der Waals surface area (Å²) in [5.41, 5.74) is -5.34. The summed E-state index contributed by atoms with van der Waals surface area (Å²) in [5, 5.41) is 0. The van der Waals surface area contributed by atoms with Crippen LogP contribution in [0.25, 0.3) is 0 Å². The Balaban J connectivity index is 3.08. The second-order valence-corrected chi connectivity index (χ2v) is 7.35. The summed E-state index contributed by atoms with van der Waals surface area (Å²) in [4.78, 5) is -0.640. The molecule has 0 radical (unpaired) electrons. The van der Waals surface area contributed by atoms with Gasteiger partial charge in [-0.2, -0.15) is 13.2 Å². The number of methoxy groups -OCH3 is 1. The van der Waals surface area contributed by atoms with Crippen molar-refractivity contribution in [1.29, 1.82) is 0 Å². The molecule has 0 spiro atoms. The molecule has 1 aromatic rings. The van der Waals surface area contributed by atoms with Gasteiger partial charge in [0.05, 0.1) is 22.4 Å². The standard InChI is InChI=1S/C11H14F3NO4S2/c1-8(19-2)7-21(17,18)15-9-5-3-4-6-10(9)20(16)11(12,13)14/h3-6,8,15H,7H2,1-2H3. The Bertz CT molecular complexity index is 616. The van der Waals surface area contributed by atoms with Gasteiger partial charge in [-0.3, -0.25) is 4.72 Å². The molecule has 0 aliphatic heterocycles. The van der Waals surface area contributed by atoms with Gasteiger partial charge in [0, 0.05) is 7.11 Å². The summed E-state index contributed by atoms with van der Waals surface area (Å²) in [6, 6.07) is 4.67. The molecule has 120 valence electrons. The number of nitrogens with one attached hydrogen (secondary N) is 1. The van der Waals surface area contributed by atoms with Crippen molar-refractivity contribution in [3.8, 4) is 0 Å². The van der Waals surface area contributed by atoms with E-state index in [1.165, 1.54) is 26.2 Å². The Labute approximate surface area is 123 Å². The number of hydrogen-bond acceptors (Lipinski definition) is 4. The number of hydrogen-bond donors (Lipinski definition) is 1. The topological polar surface area (TPSA) is 72.5 Å². The normalized spacial score (nSPS) is 15.5. The fraction of sp³-hybridized carbons (Fsp3) is 0.455. The van der Waals surface area contributed by atoms with Crippen molar-refractivity contribution in [2.75, 3.05) is 17.6 Å². The number of anilines is 1. The summed E-state index contributed by atoms with van der Waals surface area (Å²) in [6.07, 6.45) is -0.636. The fourth-order valence-electron chi connectivity index (χ4n) is 1.42. The number of halogens is 3. The first-order valence-electron chi connectivity index (χ1n) is 5.67. The molecule has 0 aliphatic carbocycles. The van der Waals surface area contributed by atoms with Crippen LogP contribution in [0.4, 0.5) is 18.9 Å². The van der Waals surface area contributed by atoms with Crippen molar-refractivity contribution in [3.05, 3.63) is 24.3 Å². The highest BCUT2D eigenvalue weighted by Gasteiger charge is 2.39. The maximum absolute atomic E-state index is 12.5. The van der Waals surface area contributed by atoms with Crippen molar-refractivity contribution in [2.24, 2.45) is 0 Å². The Morgan fingerprint density at radius 3 is 2.43 bits per heavy atom. The highest BCUT2D eigenvalue weighted by molar-refractivity contribution is 7.92. The lowest BCUT2D eigenvalue weighted by atomic mass is 10.3. The van der Waals surface area contributed by atoms with Gasteiger partial charge in [0.1, 0.15) is 0 Å². The quantitative estimate of drug-likeness (QED) is 0.857. The van der Waals surface area contributed by atoms with E-state index in [4.69, 9.17) is 4.74 Å². The van der Waals surface area contributed by atoms with E-state index in [2.05, 4.69) is 0 Å². The predicted molar refractivity (Wildman–Crippen MR) is 72.8 cm³/mol. The second kappa shape index (κ2) is 6.75. The highest BCUT2D eigenvalue weighted by Crippen LogP contribution is 2.31. The van der Waals surface area contributed by atoms with Gasteiger partial charge in [-0.05, 0) is 19.1 Å². The molecule has 1 aromatic carbocycles. The fourth-order valence-corrected chi connectivity index (χ4v) is 3.61. The molecule has 0 heterocycles. The summed E-state index contributed by atoms with van der Waals surface area (Å²) in [6.45, 7) is 1.50. The smallest absolute Gasteiger partial charge is 0.381 e. The third-order valence-electron chi connectivity index (χ3n) is 2.42. The lowest BCUT2D eigenvalue weighted by Gasteiger charge is -2.15. The average Bonchev–Trinajstić information content (AvgIpc) is 2.36. The molecule has 0 amide bonds. The molecule has 1 N–H and O–H groups in total. The van der Waals surface area contributed by atoms with Crippen LogP contribution in [0.5, 0.6) is 0 Å². The number of sulfonamides is 1. The van der Waals surface area contributed by atoms with E-state index in [0.29, 0.717) is 0 Å². The van der Waals surface area contributed by atoms with E-state index < -0.39 is 43.1 Å². The number of benzene rings is 1. The van der Waals surface area contributed by atoms with Crippen molar-refractivity contribution < 1.29 is 30.5 Å². The minimum atomic E-state index is -4.97. The third kappa shape index (κ3) is 5.29. The first-order valence-corrected chi connectivity index (χ1v) is 8.48. The number of alkyl halides is 3. The van der Waals surface area contributed by atoms with Gasteiger partial charge >= 0.3 is 5.51 Å². The lowest BCUT2D eigenvalue weighted by molar-refractivity contribution is -0.0384. The van der Waals surface area contributed by atoms with E-state index in [9.17, 15) is 25.8 Å². The maximum Gasteiger partial charge on any atom is 0.475 e. The van der Waals surface area contributed by atoms with Crippen LogP contribution in [0.1, 0.15) is 6.92 Å². The summed E-state index contributed by atoms with van der Waals surface area (Å²) < 4.78 is 79.4. The van der Waals surface area contributed by atoms with Crippen LogP contribution < -0.4 is 4.72 Å². The van der Waals surface area contributed by atoms with Crippen LogP contribution >= 0.6 is 0 Å². The summed E-state index contributed by atoms with van der Waals surface area (Å²) in [5.74, 6) is -0.434. The van der Waals surface area contributed by atoms with Crippen LogP contribution in [0.2, 0.25) is 0 Å². The van der Waals surface area contributed by atoms with E-state index in [1.54, 1.807) is 0 Å². The third-order valence-corrected chi connectivity index (χ3v) is 5.03. The molecule has 10 heteroatoms. The van der Waals surface area contributed by atoms with E-state index in [1.807, 2.05) is 4.72 Å². The van der Waals surface area contributed by atoms with Crippen LogP contribution in [0.3, 0.4) is 0 Å². The molecule has 0 aliphatic rings. The second-order valence-electron chi connectivity index (χ2n) is 4.14. The zero-order valence-electron chi connectivity index (χ0n) is 11.2. The van der Waals surface area contributed by atoms with E-state index >= 15 is 0 Å². The largest absolute Gasteiger partial charge is 0.475 e. The molecule has 1 rings (SSSR count). The number of rotatable bonds is 6. The van der Waals surface area contributed by atoms with Gasteiger partial charge in [-0.1, -0.05) is 12.1 Å². The number of ether oxygens (including phenoxy) is 1. The van der Waals surface area contributed by atoms with E-state index in [-0.39, 0.29) is 5.69 Å². The lowest BCUT2D eigenvalue weighted by Crippen LogP contribution is -2.26. The molecule has 21 heavy (non-hydrogen) atoms. The molecule has 0 bridgehead atoms. The van der Waals surface area contributed by atoms with Crippen LogP contribution in [0.15, 0.2) is 29.2 Å². The van der Waals surface area contributed by atoms with Crippen molar-refractivity contribution >= 4 is 26.5 Å². The van der Waals surface area contributed by atoms with Crippen molar-refractivity contribution in [1.82, 2.24) is 0 Å². The SMILES string of the molecule is COC(C)CS(=O)(=O)Nc1ccccc1S(=O)C(F)(F)F. The molecule has 5 nitrogen and oxygen atoms in total. The van der Waals surface area contributed by atoms with Gasteiger partial charge in [-0.25, -0.2) is 12.6 Å². The van der Waals surface area contributed by atoms with Gasteiger partial charge in [0.25, 0.3) is 0 Å². The zero-order chi connectivity index (χ0) is 16.3. The molecule has 2 atom stereocenters. The predicted octanol–water partition coefficient (Wildman–Crippen LogP) is 2.09. The Morgan fingerprint density at radius 1 is 1.33 bits per heavy atom. The van der Waals surface area contributed by atoms with Gasteiger partial charge in [-0.15, -0.1) is 0 Å². The molecular weight excluding hydrogens is 331 g/mol. The Morgan fingerprint density at radius 2 is 1.90 bits per heavy atom. The maximum atomic E-state index is 12.5. The molecule has 0 fully saturated rings. The molecule has 0 saturated carbocycles. The minimum Gasteiger partial charge on any atom is -0.381 e. The van der Waals surface area contributed by atoms with Gasteiger partial charge < -0.3 is 4.74 Å². The molecule has 2 unspecified atom stereocenters. The summed E-state index contributed by atoms with van der Waals surface area (Å²) in [7, 11) is -5.93. The zero-order valence-corrected chi connectivity index (χ0v) is 12.8. The summed E-state index contributed by atoms with van der Waals surface area (Å²) >= 11 is 0. The molecule has 0 aromatic heterocycles. The monoisotopic (exact) mass is 345 g/mol. The number of para-hydroxylation sites is 1. The van der Waals surface area contributed by atoms with E-state index in [0.717, 1.165) is 12.1 Å². The van der Waals surface area contributed by atoms with Crippen LogP contribution in [-0.2, 0) is 25.6 Å². The first kappa shape index (κ1) is 17.9. The Kier molecular flexibility index (Phi) is 5.76. The first-order chi connectivity index (χ1) is 9.57. The average molecular weight is 345 g/mol. The van der Waals surface area contributed by atoms with Gasteiger partial charge in [0.15, 0.2) is 10.8 Å². The minimum absolute atomic E-state index is 0.364. The van der Waals surface area contributed by atoms with Gasteiger partial charge in [0.2, 0.25) is 10.0 Å². The Hall–Kier alpha value is -1.13. The van der Waals surface area contributed by atoms with Crippen LogP contribution in [0, 0.1) is 0 Å². The molecule has 0 saturated heterocycles. The molecular formula is C11H14F3NO4S2. The van der Waals surface area contributed by atoms with Crippen molar-refractivity contribution in [3.63, 3.8) is 0 Å².